The maximum Gasteiger partial charge on any atom is 0.132 e. The quantitative estimate of drug-likeness (QED) is 0.753. The van der Waals surface area contributed by atoms with E-state index in [1.807, 2.05) is 24.4 Å². The summed E-state index contributed by atoms with van der Waals surface area (Å²) >= 11 is 1.51. The number of Topliss-reactive ketones (excluding diaryl/α,β-unsaturated/α-hetero) is 1. The van der Waals surface area contributed by atoms with Gasteiger partial charge in [-0.05, 0) is 17.9 Å². The molecule has 0 spiro atoms. The molecule has 2 nitrogen and oxygen atoms in total. The molecular weight excluding hydrogens is 216 g/mol. The standard InChI is InChI=1S/C10H14O2S2/c1-2-9(11)5-4-8-14(12)10-6-3-7-13-10/h3,6-7H,2,4-5,8H2,1H3. The van der Waals surface area contributed by atoms with Gasteiger partial charge >= 0.3 is 0 Å². The highest BCUT2D eigenvalue weighted by atomic mass is 32.2. The predicted molar refractivity (Wildman–Crippen MR) is 60.1 cm³/mol. The fraction of sp³-hybridized carbons (Fsp3) is 0.500. The molecule has 0 aromatic carbocycles. The van der Waals surface area contributed by atoms with E-state index in [-0.39, 0.29) is 5.78 Å². The molecule has 0 saturated heterocycles. The topological polar surface area (TPSA) is 34.1 Å². The molecule has 1 aromatic rings. The smallest absolute Gasteiger partial charge is 0.132 e. The van der Waals surface area contributed by atoms with Crippen LogP contribution in [0.5, 0.6) is 0 Å². The molecule has 0 aliphatic carbocycles. The van der Waals surface area contributed by atoms with Crippen molar-refractivity contribution in [1.82, 2.24) is 0 Å². The van der Waals surface area contributed by atoms with Crippen LogP contribution in [0.3, 0.4) is 0 Å². The van der Waals surface area contributed by atoms with Crippen molar-refractivity contribution in [2.45, 2.75) is 30.4 Å². The maximum absolute atomic E-state index is 11.6. The summed E-state index contributed by atoms with van der Waals surface area (Å²) in [6.07, 6.45) is 1.89. The third-order valence-corrected chi connectivity index (χ3v) is 4.65. The molecule has 1 unspecified atom stereocenters. The van der Waals surface area contributed by atoms with Gasteiger partial charge in [0, 0.05) is 18.6 Å². The van der Waals surface area contributed by atoms with Crippen LogP contribution in [-0.2, 0) is 15.6 Å². The van der Waals surface area contributed by atoms with E-state index in [1.54, 1.807) is 0 Å². The van der Waals surface area contributed by atoms with E-state index in [0.29, 0.717) is 18.6 Å². The zero-order chi connectivity index (χ0) is 10.4. The fourth-order valence-corrected chi connectivity index (χ4v) is 3.20. The lowest BCUT2D eigenvalue weighted by Gasteiger charge is -1.98. The summed E-state index contributed by atoms with van der Waals surface area (Å²) in [6, 6.07) is 3.78. The number of ketones is 1. The van der Waals surface area contributed by atoms with Gasteiger partial charge < -0.3 is 0 Å². The largest absolute Gasteiger partial charge is 0.300 e. The van der Waals surface area contributed by atoms with Crippen molar-refractivity contribution in [3.63, 3.8) is 0 Å². The van der Waals surface area contributed by atoms with Gasteiger partial charge in [-0.1, -0.05) is 13.0 Å². The molecule has 0 N–H and O–H groups in total. The van der Waals surface area contributed by atoms with Gasteiger partial charge in [-0.2, -0.15) is 0 Å². The van der Waals surface area contributed by atoms with Gasteiger partial charge in [-0.3, -0.25) is 9.00 Å². The van der Waals surface area contributed by atoms with Gasteiger partial charge in [-0.25, -0.2) is 0 Å². The van der Waals surface area contributed by atoms with Gasteiger partial charge in [0.15, 0.2) is 0 Å². The highest BCUT2D eigenvalue weighted by Gasteiger charge is 2.05. The molecular formula is C10H14O2S2. The Kier molecular flexibility index (Phi) is 5.04. The second-order valence-electron chi connectivity index (χ2n) is 2.98. The molecule has 0 radical (unpaired) electrons. The van der Waals surface area contributed by atoms with Crippen molar-refractivity contribution < 1.29 is 9.00 Å². The molecule has 0 aliphatic heterocycles. The van der Waals surface area contributed by atoms with Crippen LogP contribution in [0.1, 0.15) is 26.2 Å². The minimum atomic E-state index is -0.904. The van der Waals surface area contributed by atoms with Gasteiger partial charge in [0.25, 0.3) is 0 Å². The van der Waals surface area contributed by atoms with Gasteiger partial charge in [0.1, 0.15) is 5.78 Å². The summed E-state index contributed by atoms with van der Waals surface area (Å²) in [5.74, 6) is 0.861. The van der Waals surface area contributed by atoms with Crippen LogP contribution >= 0.6 is 11.3 Å². The Labute approximate surface area is 90.8 Å². The number of rotatable bonds is 6. The Hall–Kier alpha value is -0.480. The van der Waals surface area contributed by atoms with Gasteiger partial charge in [0.2, 0.25) is 0 Å². The van der Waals surface area contributed by atoms with E-state index in [9.17, 15) is 9.00 Å². The van der Waals surface area contributed by atoms with Crippen LogP contribution in [0.2, 0.25) is 0 Å². The summed E-state index contributed by atoms with van der Waals surface area (Å²) in [6.45, 7) is 1.86. The van der Waals surface area contributed by atoms with E-state index < -0.39 is 10.8 Å². The molecule has 0 saturated carbocycles. The Morgan fingerprint density at radius 2 is 2.36 bits per heavy atom. The molecule has 4 heteroatoms. The average molecular weight is 230 g/mol. The predicted octanol–water partition coefficient (Wildman–Crippen LogP) is 2.62. The first-order valence-corrected chi connectivity index (χ1v) is 6.87. The van der Waals surface area contributed by atoms with Crippen LogP contribution in [0.25, 0.3) is 0 Å². The zero-order valence-corrected chi connectivity index (χ0v) is 9.83. The monoisotopic (exact) mass is 230 g/mol. The lowest BCUT2D eigenvalue weighted by molar-refractivity contribution is -0.118. The zero-order valence-electron chi connectivity index (χ0n) is 8.19. The first kappa shape index (κ1) is 11.6. The second kappa shape index (κ2) is 6.09. The van der Waals surface area contributed by atoms with E-state index >= 15 is 0 Å². The van der Waals surface area contributed by atoms with E-state index in [1.165, 1.54) is 11.3 Å². The minimum absolute atomic E-state index is 0.258. The van der Waals surface area contributed by atoms with Crippen LogP contribution in [-0.4, -0.2) is 15.7 Å². The molecule has 0 amide bonds. The third-order valence-electron chi connectivity index (χ3n) is 1.90. The molecule has 1 heterocycles. The van der Waals surface area contributed by atoms with Crippen LogP contribution in [0.15, 0.2) is 21.7 Å². The van der Waals surface area contributed by atoms with Crippen molar-refractivity contribution in [2.75, 3.05) is 5.75 Å². The number of carbonyl (C=O) groups excluding carboxylic acids is 1. The summed E-state index contributed by atoms with van der Waals surface area (Å²) in [7, 11) is -0.904. The molecule has 1 atom stereocenters. The molecule has 1 aromatic heterocycles. The number of thiophene rings is 1. The van der Waals surface area contributed by atoms with Crippen molar-refractivity contribution in [3.05, 3.63) is 17.5 Å². The highest BCUT2D eigenvalue weighted by Crippen LogP contribution is 2.14. The molecule has 0 fully saturated rings. The lowest BCUT2D eigenvalue weighted by atomic mass is 10.2. The van der Waals surface area contributed by atoms with Crippen molar-refractivity contribution in [3.8, 4) is 0 Å². The Morgan fingerprint density at radius 3 is 2.93 bits per heavy atom. The average Bonchev–Trinajstić information content (AvgIpc) is 2.70. The summed E-state index contributed by atoms with van der Waals surface area (Å²) in [5, 5.41) is 1.92. The van der Waals surface area contributed by atoms with Crippen molar-refractivity contribution >= 4 is 27.9 Å². The summed E-state index contributed by atoms with van der Waals surface area (Å²) in [4.78, 5) is 11.0. The molecule has 14 heavy (non-hydrogen) atoms. The van der Waals surface area contributed by atoms with Crippen LogP contribution in [0.4, 0.5) is 0 Å². The third kappa shape index (κ3) is 3.72. The normalized spacial score (nSPS) is 12.6. The summed E-state index contributed by atoms with van der Waals surface area (Å²) in [5.41, 5.74) is 0. The Balaban J connectivity index is 2.26. The van der Waals surface area contributed by atoms with E-state index in [4.69, 9.17) is 0 Å². The molecule has 0 bridgehead atoms. The fourth-order valence-electron chi connectivity index (χ4n) is 1.07. The van der Waals surface area contributed by atoms with E-state index in [0.717, 1.165) is 10.6 Å². The Bertz CT molecular complexity index is 304. The number of hydrogen-bond acceptors (Lipinski definition) is 3. The van der Waals surface area contributed by atoms with Crippen LogP contribution < -0.4 is 0 Å². The molecule has 78 valence electrons. The van der Waals surface area contributed by atoms with E-state index in [2.05, 4.69) is 0 Å². The minimum Gasteiger partial charge on any atom is -0.300 e. The van der Waals surface area contributed by atoms with Gasteiger partial charge in [0.05, 0.1) is 15.0 Å². The first-order valence-electron chi connectivity index (χ1n) is 4.67. The lowest BCUT2D eigenvalue weighted by Crippen LogP contribution is -2.01. The SMILES string of the molecule is CCC(=O)CCCS(=O)c1cccs1. The van der Waals surface area contributed by atoms with Crippen molar-refractivity contribution in [1.29, 1.82) is 0 Å². The second-order valence-corrected chi connectivity index (χ2v) is 5.72. The molecule has 1 rings (SSSR count). The maximum atomic E-state index is 11.6. The summed E-state index contributed by atoms with van der Waals surface area (Å²) < 4.78 is 12.5. The highest BCUT2D eigenvalue weighted by molar-refractivity contribution is 7.87. The Morgan fingerprint density at radius 1 is 1.57 bits per heavy atom. The van der Waals surface area contributed by atoms with Crippen LogP contribution in [0, 0.1) is 0 Å². The number of carbonyl (C=O) groups is 1. The molecule has 0 aliphatic rings. The first-order chi connectivity index (χ1) is 6.74. The van der Waals surface area contributed by atoms with Gasteiger partial charge in [-0.15, -0.1) is 11.3 Å². The van der Waals surface area contributed by atoms with Crippen molar-refractivity contribution in [2.24, 2.45) is 0 Å². The number of hydrogen-bond donors (Lipinski definition) is 0.